The Balaban J connectivity index is 0.00000144. The fraction of sp³-hybridized carbons (Fsp3) is 0.600. The molecule has 1 aromatic heterocycles. The van der Waals surface area contributed by atoms with E-state index in [-0.39, 0.29) is 18.4 Å². The van der Waals surface area contributed by atoms with E-state index in [1.54, 1.807) is 0 Å². The Morgan fingerprint density at radius 3 is 2.46 bits per heavy atom. The predicted molar refractivity (Wildman–Crippen MR) is 62.7 cm³/mol. The molecular weight excluding hydrogens is 202 g/mol. The molecule has 0 amide bonds. The summed E-state index contributed by atoms with van der Waals surface area (Å²) < 4.78 is 0. The van der Waals surface area contributed by atoms with Crippen molar-refractivity contribution in [3.8, 4) is 0 Å². The van der Waals surface area contributed by atoms with Crippen LogP contribution in [-0.2, 0) is 0 Å². The van der Waals surface area contributed by atoms with Gasteiger partial charge in [-0.3, -0.25) is 0 Å². The minimum absolute atomic E-state index is 0. The molecule has 1 rings (SSSR count). The highest BCUT2D eigenvalue weighted by atomic mass is 35.5. The standard InChI is InChI=1S/C10H17NS.ClH/c1-4-7(2)10(11)9-6-5-8(3)12-9;/h5-7,10H,4,11H2,1-3H3;1H/t7?,10-;/m0./s1. The topological polar surface area (TPSA) is 26.0 Å². The lowest BCUT2D eigenvalue weighted by Gasteiger charge is -2.16. The number of nitrogens with two attached hydrogens (primary N) is 1. The zero-order valence-corrected chi connectivity index (χ0v) is 10.0. The van der Waals surface area contributed by atoms with Gasteiger partial charge in [0.25, 0.3) is 0 Å². The molecule has 0 saturated heterocycles. The van der Waals surface area contributed by atoms with Crippen LogP contribution in [0.2, 0.25) is 0 Å². The Morgan fingerprint density at radius 2 is 2.08 bits per heavy atom. The van der Waals surface area contributed by atoms with Crippen LogP contribution in [0.5, 0.6) is 0 Å². The van der Waals surface area contributed by atoms with Crippen LogP contribution in [0.25, 0.3) is 0 Å². The minimum atomic E-state index is 0. The lowest BCUT2D eigenvalue weighted by atomic mass is 9.99. The van der Waals surface area contributed by atoms with Crippen molar-refractivity contribution in [1.29, 1.82) is 0 Å². The van der Waals surface area contributed by atoms with E-state index in [1.165, 1.54) is 9.75 Å². The summed E-state index contributed by atoms with van der Waals surface area (Å²) in [6.45, 7) is 6.52. The largest absolute Gasteiger partial charge is 0.323 e. The Labute approximate surface area is 90.8 Å². The van der Waals surface area contributed by atoms with Crippen LogP contribution in [0, 0.1) is 12.8 Å². The second-order valence-corrected chi connectivity index (χ2v) is 4.68. The number of halogens is 1. The van der Waals surface area contributed by atoms with Crippen molar-refractivity contribution in [2.75, 3.05) is 0 Å². The molecule has 0 fully saturated rings. The van der Waals surface area contributed by atoms with E-state index >= 15 is 0 Å². The molecule has 0 spiro atoms. The van der Waals surface area contributed by atoms with Crippen LogP contribution in [0.1, 0.15) is 36.1 Å². The van der Waals surface area contributed by atoms with Gasteiger partial charge < -0.3 is 5.73 Å². The molecule has 0 radical (unpaired) electrons. The first-order valence-corrected chi connectivity index (χ1v) is 5.28. The minimum Gasteiger partial charge on any atom is -0.323 e. The van der Waals surface area contributed by atoms with Crippen LogP contribution >= 0.6 is 23.7 Å². The smallest absolute Gasteiger partial charge is 0.0415 e. The van der Waals surface area contributed by atoms with Gasteiger partial charge in [-0.1, -0.05) is 20.3 Å². The third kappa shape index (κ3) is 3.29. The van der Waals surface area contributed by atoms with Crippen molar-refractivity contribution in [2.45, 2.75) is 33.2 Å². The zero-order valence-electron chi connectivity index (χ0n) is 8.41. The maximum Gasteiger partial charge on any atom is 0.0415 e. The van der Waals surface area contributed by atoms with Gasteiger partial charge in [-0.05, 0) is 25.0 Å². The number of rotatable bonds is 3. The second kappa shape index (κ2) is 5.63. The quantitative estimate of drug-likeness (QED) is 0.827. The number of hydrogen-bond donors (Lipinski definition) is 1. The highest BCUT2D eigenvalue weighted by molar-refractivity contribution is 7.12. The lowest BCUT2D eigenvalue weighted by molar-refractivity contribution is 0.462. The van der Waals surface area contributed by atoms with Gasteiger partial charge in [-0.25, -0.2) is 0 Å². The van der Waals surface area contributed by atoms with Crippen LogP contribution < -0.4 is 5.73 Å². The van der Waals surface area contributed by atoms with Gasteiger partial charge in [0.05, 0.1) is 0 Å². The maximum atomic E-state index is 6.07. The van der Waals surface area contributed by atoms with Crippen molar-refractivity contribution >= 4 is 23.7 Å². The lowest BCUT2D eigenvalue weighted by Crippen LogP contribution is -2.16. The molecule has 0 aliphatic heterocycles. The zero-order chi connectivity index (χ0) is 9.14. The van der Waals surface area contributed by atoms with Crippen molar-refractivity contribution in [3.63, 3.8) is 0 Å². The van der Waals surface area contributed by atoms with Gasteiger partial charge in [-0.15, -0.1) is 23.7 Å². The summed E-state index contributed by atoms with van der Waals surface area (Å²) in [5, 5.41) is 0. The predicted octanol–water partition coefficient (Wildman–Crippen LogP) is 3.52. The van der Waals surface area contributed by atoms with Crippen molar-refractivity contribution in [1.82, 2.24) is 0 Å². The van der Waals surface area contributed by atoms with E-state index in [9.17, 15) is 0 Å². The van der Waals surface area contributed by atoms with Crippen molar-refractivity contribution in [3.05, 3.63) is 21.9 Å². The highest BCUT2D eigenvalue weighted by Crippen LogP contribution is 2.27. The summed E-state index contributed by atoms with van der Waals surface area (Å²) in [4.78, 5) is 2.67. The Bertz CT molecular complexity index is 247. The summed E-state index contributed by atoms with van der Waals surface area (Å²) in [5.41, 5.74) is 6.07. The number of aryl methyl sites for hydroxylation is 1. The molecule has 0 aliphatic rings. The molecule has 1 unspecified atom stereocenters. The fourth-order valence-electron chi connectivity index (χ4n) is 1.17. The molecule has 13 heavy (non-hydrogen) atoms. The van der Waals surface area contributed by atoms with E-state index < -0.39 is 0 Å². The van der Waals surface area contributed by atoms with Gasteiger partial charge in [-0.2, -0.15) is 0 Å². The average molecular weight is 220 g/mol. The third-order valence-electron chi connectivity index (χ3n) is 2.35. The van der Waals surface area contributed by atoms with E-state index in [1.807, 2.05) is 11.3 Å². The third-order valence-corrected chi connectivity index (χ3v) is 3.45. The van der Waals surface area contributed by atoms with Crippen LogP contribution in [-0.4, -0.2) is 0 Å². The first-order valence-electron chi connectivity index (χ1n) is 4.47. The SMILES string of the molecule is CCC(C)[C@H](N)c1ccc(C)s1.Cl. The summed E-state index contributed by atoms with van der Waals surface area (Å²) in [6.07, 6.45) is 1.15. The fourth-order valence-corrected chi connectivity index (χ4v) is 2.18. The molecule has 0 aliphatic carbocycles. The first kappa shape index (κ1) is 12.9. The molecule has 1 nitrogen and oxygen atoms in total. The monoisotopic (exact) mass is 219 g/mol. The second-order valence-electron chi connectivity index (χ2n) is 3.36. The Morgan fingerprint density at radius 1 is 1.46 bits per heavy atom. The molecule has 2 atom stereocenters. The molecule has 1 heterocycles. The molecule has 0 saturated carbocycles. The summed E-state index contributed by atoms with van der Waals surface area (Å²) in [7, 11) is 0. The van der Waals surface area contributed by atoms with E-state index in [0.717, 1.165) is 6.42 Å². The number of thiophene rings is 1. The van der Waals surface area contributed by atoms with E-state index in [4.69, 9.17) is 5.73 Å². The van der Waals surface area contributed by atoms with Gasteiger partial charge in [0.15, 0.2) is 0 Å². The molecule has 2 N–H and O–H groups in total. The van der Waals surface area contributed by atoms with Crippen LogP contribution in [0.4, 0.5) is 0 Å². The van der Waals surface area contributed by atoms with Gasteiger partial charge in [0.1, 0.15) is 0 Å². The van der Waals surface area contributed by atoms with Crippen LogP contribution in [0.3, 0.4) is 0 Å². The average Bonchev–Trinajstić information content (AvgIpc) is 2.49. The summed E-state index contributed by atoms with van der Waals surface area (Å²) in [6, 6.07) is 4.52. The molecule has 76 valence electrons. The maximum absolute atomic E-state index is 6.07. The molecule has 3 heteroatoms. The van der Waals surface area contributed by atoms with Crippen molar-refractivity contribution < 1.29 is 0 Å². The normalized spacial score (nSPS) is 14.8. The number of hydrogen-bond acceptors (Lipinski definition) is 2. The first-order chi connectivity index (χ1) is 5.65. The highest BCUT2D eigenvalue weighted by Gasteiger charge is 2.13. The van der Waals surface area contributed by atoms with E-state index in [0.29, 0.717) is 5.92 Å². The van der Waals surface area contributed by atoms with Gasteiger partial charge >= 0.3 is 0 Å². The Kier molecular flexibility index (Phi) is 5.61. The molecule has 1 aromatic rings. The molecular formula is C10H18ClNS. The molecule has 0 bridgehead atoms. The van der Waals surface area contributed by atoms with Crippen LogP contribution in [0.15, 0.2) is 12.1 Å². The van der Waals surface area contributed by atoms with Gasteiger partial charge in [0.2, 0.25) is 0 Å². The Hall–Kier alpha value is -0.0500. The van der Waals surface area contributed by atoms with Crippen molar-refractivity contribution in [2.24, 2.45) is 11.7 Å². The summed E-state index contributed by atoms with van der Waals surface area (Å²) in [5.74, 6) is 0.586. The van der Waals surface area contributed by atoms with E-state index in [2.05, 4.69) is 32.9 Å². The van der Waals surface area contributed by atoms with Gasteiger partial charge in [0, 0.05) is 15.8 Å². The summed E-state index contributed by atoms with van der Waals surface area (Å²) >= 11 is 1.81. The molecule has 0 aromatic carbocycles.